The summed E-state index contributed by atoms with van der Waals surface area (Å²) in [7, 11) is 0. The van der Waals surface area contributed by atoms with E-state index in [0.717, 1.165) is 29.7 Å². The molecule has 0 bridgehead atoms. The number of alkyl halides is 1. The predicted octanol–water partition coefficient (Wildman–Crippen LogP) is 5.82. The second-order valence-electron chi connectivity index (χ2n) is 5.13. The average Bonchev–Trinajstić information content (AvgIpc) is 2.77. The standard InChI is InChI=1S/C15H19BrClFN2/c1-3-4-5-6-10(2)20-14-8-12(18)11(16)7-13(14)19-15(20)9-17/h7-8,10H,3-6,9H2,1-2H3. The molecule has 1 aromatic carbocycles. The van der Waals surface area contributed by atoms with Gasteiger partial charge >= 0.3 is 0 Å². The zero-order valence-corrected chi connectivity index (χ0v) is 14.1. The van der Waals surface area contributed by atoms with E-state index in [2.05, 4.69) is 39.3 Å². The van der Waals surface area contributed by atoms with Crippen LogP contribution in [0.25, 0.3) is 11.0 Å². The fourth-order valence-corrected chi connectivity index (χ4v) is 3.07. The van der Waals surface area contributed by atoms with E-state index < -0.39 is 0 Å². The van der Waals surface area contributed by atoms with Crippen molar-refractivity contribution in [3.8, 4) is 0 Å². The molecule has 0 saturated carbocycles. The van der Waals surface area contributed by atoms with Crippen molar-refractivity contribution in [2.24, 2.45) is 0 Å². The lowest BCUT2D eigenvalue weighted by Gasteiger charge is -2.17. The molecule has 20 heavy (non-hydrogen) atoms. The minimum Gasteiger partial charge on any atom is -0.324 e. The van der Waals surface area contributed by atoms with Crippen molar-refractivity contribution < 1.29 is 4.39 Å². The largest absolute Gasteiger partial charge is 0.324 e. The van der Waals surface area contributed by atoms with Crippen molar-refractivity contribution in [2.45, 2.75) is 51.5 Å². The summed E-state index contributed by atoms with van der Waals surface area (Å²) < 4.78 is 16.3. The van der Waals surface area contributed by atoms with Crippen LogP contribution in [0.4, 0.5) is 4.39 Å². The van der Waals surface area contributed by atoms with Crippen LogP contribution in [0.3, 0.4) is 0 Å². The van der Waals surface area contributed by atoms with Crippen molar-refractivity contribution in [1.82, 2.24) is 9.55 Å². The zero-order valence-electron chi connectivity index (χ0n) is 11.8. The van der Waals surface area contributed by atoms with Crippen molar-refractivity contribution in [2.75, 3.05) is 0 Å². The van der Waals surface area contributed by atoms with Gasteiger partial charge in [-0.2, -0.15) is 0 Å². The van der Waals surface area contributed by atoms with Gasteiger partial charge in [0.1, 0.15) is 11.6 Å². The highest BCUT2D eigenvalue weighted by atomic mass is 79.9. The SMILES string of the molecule is CCCCCC(C)n1c(CCl)nc2cc(Br)c(F)cc21. The van der Waals surface area contributed by atoms with E-state index in [1.165, 1.54) is 12.8 Å². The van der Waals surface area contributed by atoms with Gasteiger partial charge in [-0.25, -0.2) is 9.37 Å². The molecule has 2 aromatic rings. The molecule has 0 amide bonds. The molecule has 0 N–H and O–H groups in total. The van der Waals surface area contributed by atoms with Gasteiger partial charge in [-0.15, -0.1) is 11.6 Å². The van der Waals surface area contributed by atoms with Crippen LogP contribution in [0.1, 0.15) is 51.4 Å². The Bertz CT molecular complexity index is 597. The van der Waals surface area contributed by atoms with Crippen molar-refractivity contribution in [1.29, 1.82) is 0 Å². The van der Waals surface area contributed by atoms with Crippen molar-refractivity contribution >= 4 is 38.6 Å². The van der Waals surface area contributed by atoms with Crippen LogP contribution in [-0.2, 0) is 5.88 Å². The Kier molecular flexibility index (Phi) is 5.44. The van der Waals surface area contributed by atoms with Gasteiger partial charge in [-0.05, 0) is 35.3 Å². The summed E-state index contributed by atoms with van der Waals surface area (Å²) in [5, 5.41) is 0. The number of unbranched alkanes of at least 4 members (excludes halogenated alkanes) is 2. The third kappa shape index (κ3) is 3.17. The molecule has 0 radical (unpaired) electrons. The second kappa shape index (κ2) is 6.90. The highest BCUT2D eigenvalue weighted by Crippen LogP contribution is 2.29. The zero-order chi connectivity index (χ0) is 14.7. The Morgan fingerprint density at radius 3 is 2.80 bits per heavy atom. The number of halogens is 3. The Morgan fingerprint density at radius 1 is 1.40 bits per heavy atom. The van der Waals surface area contributed by atoms with Crippen LogP contribution in [0, 0.1) is 5.82 Å². The number of rotatable bonds is 6. The molecule has 110 valence electrons. The molecule has 0 aliphatic carbocycles. The molecule has 0 aliphatic rings. The fraction of sp³-hybridized carbons (Fsp3) is 0.533. The molecule has 0 aliphatic heterocycles. The molecule has 1 aromatic heterocycles. The van der Waals surface area contributed by atoms with Crippen molar-refractivity contribution in [3.63, 3.8) is 0 Å². The Balaban J connectivity index is 2.41. The number of hydrogen-bond donors (Lipinski definition) is 0. The maximum absolute atomic E-state index is 13.8. The Morgan fingerprint density at radius 2 is 2.15 bits per heavy atom. The summed E-state index contributed by atoms with van der Waals surface area (Å²) in [4.78, 5) is 4.52. The predicted molar refractivity (Wildman–Crippen MR) is 85.8 cm³/mol. The number of imidazole rings is 1. The lowest BCUT2D eigenvalue weighted by Crippen LogP contribution is -2.08. The average molecular weight is 362 g/mol. The van der Waals surface area contributed by atoms with E-state index >= 15 is 0 Å². The summed E-state index contributed by atoms with van der Waals surface area (Å²) in [6.07, 6.45) is 4.63. The molecule has 2 nitrogen and oxygen atoms in total. The fourth-order valence-electron chi connectivity index (χ4n) is 2.55. The third-order valence-corrected chi connectivity index (χ3v) is 4.44. The molecule has 2 rings (SSSR count). The van der Waals surface area contributed by atoms with E-state index in [-0.39, 0.29) is 11.9 Å². The first kappa shape index (κ1) is 15.8. The summed E-state index contributed by atoms with van der Waals surface area (Å²) >= 11 is 9.20. The number of benzene rings is 1. The first-order valence-electron chi connectivity index (χ1n) is 7.00. The van der Waals surface area contributed by atoms with E-state index in [9.17, 15) is 4.39 Å². The molecule has 0 saturated heterocycles. The van der Waals surface area contributed by atoms with Gasteiger partial charge in [0.05, 0.1) is 21.4 Å². The monoisotopic (exact) mass is 360 g/mol. The van der Waals surface area contributed by atoms with E-state index in [4.69, 9.17) is 11.6 Å². The molecule has 1 atom stereocenters. The van der Waals surface area contributed by atoms with Crippen LogP contribution < -0.4 is 0 Å². The van der Waals surface area contributed by atoms with Crippen LogP contribution >= 0.6 is 27.5 Å². The van der Waals surface area contributed by atoms with Gasteiger partial charge in [-0.1, -0.05) is 26.2 Å². The van der Waals surface area contributed by atoms with Gasteiger partial charge in [-0.3, -0.25) is 0 Å². The summed E-state index contributed by atoms with van der Waals surface area (Å²) in [5.41, 5.74) is 1.61. The molecule has 1 heterocycles. The van der Waals surface area contributed by atoms with E-state index in [1.807, 2.05) is 0 Å². The quantitative estimate of drug-likeness (QED) is 0.468. The highest BCUT2D eigenvalue weighted by Gasteiger charge is 2.17. The summed E-state index contributed by atoms with van der Waals surface area (Å²) in [5.74, 6) is 0.884. The summed E-state index contributed by atoms with van der Waals surface area (Å²) in [6.45, 7) is 4.33. The summed E-state index contributed by atoms with van der Waals surface area (Å²) in [6, 6.07) is 3.54. The van der Waals surface area contributed by atoms with Crippen molar-refractivity contribution in [3.05, 3.63) is 28.2 Å². The third-order valence-electron chi connectivity index (χ3n) is 3.59. The molecule has 1 unspecified atom stereocenters. The van der Waals surface area contributed by atoms with Crippen LogP contribution in [0.5, 0.6) is 0 Å². The maximum atomic E-state index is 13.8. The number of fused-ring (bicyclic) bond motifs is 1. The minimum atomic E-state index is -0.263. The number of hydrogen-bond acceptors (Lipinski definition) is 1. The molecular weight excluding hydrogens is 343 g/mol. The maximum Gasteiger partial charge on any atom is 0.139 e. The number of nitrogens with zero attached hydrogens (tertiary/aromatic N) is 2. The second-order valence-corrected chi connectivity index (χ2v) is 6.25. The first-order chi connectivity index (χ1) is 9.58. The lowest BCUT2D eigenvalue weighted by molar-refractivity contribution is 0.477. The Hall–Kier alpha value is -0.610. The molecule has 0 spiro atoms. The molecule has 5 heteroatoms. The van der Waals surface area contributed by atoms with Gasteiger partial charge in [0.25, 0.3) is 0 Å². The topological polar surface area (TPSA) is 17.8 Å². The van der Waals surface area contributed by atoms with Gasteiger partial charge in [0, 0.05) is 12.1 Å². The smallest absolute Gasteiger partial charge is 0.139 e. The van der Waals surface area contributed by atoms with Gasteiger partial charge in [0.2, 0.25) is 0 Å². The van der Waals surface area contributed by atoms with Crippen LogP contribution in [0.2, 0.25) is 0 Å². The first-order valence-corrected chi connectivity index (χ1v) is 8.33. The number of aromatic nitrogens is 2. The minimum absolute atomic E-state index is 0.263. The van der Waals surface area contributed by atoms with Crippen LogP contribution in [0.15, 0.2) is 16.6 Å². The van der Waals surface area contributed by atoms with E-state index in [1.54, 1.807) is 12.1 Å². The highest BCUT2D eigenvalue weighted by molar-refractivity contribution is 9.10. The van der Waals surface area contributed by atoms with Gasteiger partial charge < -0.3 is 4.57 Å². The molecular formula is C15H19BrClFN2. The Labute approximate surface area is 132 Å². The van der Waals surface area contributed by atoms with E-state index in [0.29, 0.717) is 10.4 Å². The normalized spacial score (nSPS) is 13.1. The molecule has 0 fully saturated rings. The van der Waals surface area contributed by atoms with Gasteiger partial charge in [0.15, 0.2) is 0 Å². The van der Waals surface area contributed by atoms with Crippen LogP contribution in [-0.4, -0.2) is 9.55 Å². The lowest BCUT2D eigenvalue weighted by atomic mass is 10.1.